The lowest BCUT2D eigenvalue weighted by Gasteiger charge is -2.41. The van der Waals surface area contributed by atoms with Gasteiger partial charge in [-0.1, -0.05) is 17.7 Å². The molecule has 1 aliphatic heterocycles. The molecule has 0 aromatic heterocycles. The molecular formula is C14H22ClN3O2S. The van der Waals surface area contributed by atoms with Crippen molar-refractivity contribution in [2.24, 2.45) is 5.73 Å². The molecule has 2 N–H and O–H groups in total. The van der Waals surface area contributed by atoms with E-state index >= 15 is 0 Å². The van der Waals surface area contributed by atoms with Crippen LogP contribution in [0.1, 0.15) is 19.4 Å². The minimum Gasteiger partial charge on any atom is -0.326 e. The van der Waals surface area contributed by atoms with Crippen molar-refractivity contribution in [3.05, 3.63) is 28.8 Å². The van der Waals surface area contributed by atoms with Gasteiger partial charge in [-0.05, 0) is 38.6 Å². The molecule has 0 amide bonds. The van der Waals surface area contributed by atoms with Crippen LogP contribution in [0.4, 0.5) is 0 Å². The number of halogens is 1. The summed E-state index contributed by atoms with van der Waals surface area (Å²) in [5, 5.41) is 0.242. The van der Waals surface area contributed by atoms with E-state index in [0.29, 0.717) is 13.1 Å². The van der Waals surface area contributed by atoms with Gasteiger partial charge in [0.05, 0.1) is 5.02 Å². The maximum Gasteiger partial charge on any atom is 0.244 e. The molecule has 1 fully saturated rings. The van der Waals surface area contributed by atoms with Crippen LogP contribution in [-0.2, 0) is 16.6 Å². The Kier molecular flexibility index (Phi) is 4.95. The molecule has 2 rings (SSSR count). The van der Waals surface area contributed by atoms with E-state index < -0.39 is 10.0 Å². The fourth-order valence-electron chi connectivity index (χ4n) is 2.56. The highest BCUT2D eigenvalue weighted by atomic mass is 35.5. The van der Waals surface area contributed by atoms with Crippen molar-refractivity contribution >= 4 is 21.6 Å². The second-order valence-electron chi connectivity index (χ2n) is 5.65. The Morgan fingerprint density at radius 1 is 1.29 bits per heavy atom. The van der Waals surface area contributed by atoms with E-state index in [1.807, 2.05) is 20.9 Å². The number of benzene rings is 1. The van der Waals surface area contributed by atoms with Crippen LogP contribution in [0.15, 0.2) is 23.1 Å². The van der Waals surface area contributed by atoms with E-state index in [1.54, 1.807) is 18.2 Å². The molecule has 21 heavy (non-hydrogen) atoms. The third-order valence-corrected chi connectivity index (χ3v) is 6.49. The van der Waals surface area contributed by atoms with Crippen LogP contribution in [0.3, 0.4) is 0 Å². The van der Waals surface area contributed by atoms with Gasteiger partial charge in [-0.25, -0.2) is 8.42 Å². The summed E-state index contributed by atoms with van der Waals surface area (Å²) in [5.41, 5.74) is 6.35. The topological polar surface area (TPSA) is 66.6 Å². The molecule has 1 aliphatic rings. The van der Waals surface area contributed by atoms with Gasteiger partial charge in [0.1, 0.15) is 4.90 Å². The van der Waals surface area contributed by atoms with E-state index in [4.69, 9.17) is 17.3 Å². The second-order valence-corrected chi connectivity index (χ2v) is 7.97. The van der Waals surface area contributed by atoms with Crippen LogP contribution < -0.4 is 5.73 Å². The highest BCUT2D eigenvalue weighted by Gasteiger charge is 2.35. The van der Waals surface area contributed by atoms with Crippen molar-refractivity contribution in [1.82, 2.24) is 9.21 Å². The number of piperazine rings is 1. The Hall–Kier alpha value is -0.660. The molecule has 1 heterocycles. The molecule has 1 saturated heterocycles. The van der Waals surface area contributed by atoms with Crippen LogP contribution in [0.2, 0.25) is 5.02 Å². The number of rotatable bonds is 3. The van der Waals surface area contributed by atoms with E-state index in [1.165, 1.54) is 4.31 Å². The Bertz CT molecular complexity index is 609. The predicted octanol–water partition coefficient (Wildman–Crippen LogP) is 1.51. The first-order valence-corrected chi connectivity index (χ1v) is 8.79. The quantitative estimate of drug-likeness (QED) is 0.911. The van der Waals surface area contributed by atoms with E-state index in [9.17, 15) is 8.42 Å². The van der Waals surface area contributed by atoms with Gasteiger partial charge in [-0.3, -0.25) is 4.90 Å². The zero-order valence-electron chi connectivity index (χ0n) is 12.6. The minimum absolute atomic E-state index is 0.149. The fraction of sp³-hybridized carbons (Fsp3) is 0.571. The smallest absolute Gasteiger partial charge is 0.244 e. The van der Waals surface area contributed by atoms with E-state index in [-0.39, 0.29) is 28.5 Å². The molecule has 1 aromatic carbocycles. The highest BCUT2D eigenvalue weighted by Crippen LogP contribution is 2.28. The standard InChI is InChI=1S/C14H22ClN3O2S/c1-10-8-18(9-11(2)17(10)3)21(19,20)14-6-12(7-16)4-5-13(14)15/h4-6,10-11H,7-9,16H2,1-3H3. The molecule has 0 spiro atoms. The van der Waals surface area contributed by atoms with E-state index in [0.717, 1.165) is 5.56 Å². The molecule has 118 valence electrons. The summed E-state index contributed by atoms with van der Waals surface area (Å²) < 4.78 is 27.2. The lowest BCUT2D eigenvalue weighted by atomic mass is 10.1. The number of likely N-dealkylation sites (N-methyl/N-ethyl adjacent to an activating group) is 1. The fourth-order valence-corrected chi connectivity index (χ4v) is 4.69. The van der Waals surface area contributed by atoms with Crippen molar-refractivity contribution in [2.45, 2.75) is 37.4 Å². The lowest BCUT2D eigenvalue weighted by Crippen LogP contribution is -2.56. The number of sulfonamides is 1. The highest BCUT2D eigenvalue weighted by molar-refractivity contribution is 7.89. The first-order valence-electron chi connectivity index (χ1n) is 6.98. The van der Waals surface area contributed by atoms with Crippen molar-refractivity contribution in [1.29, 1.82) is 0 Å². The third-order valence-electron chi connectivity index (χ3n) is 4.18. The molecule has 2 atom stereocenters. The van der Waals surface area contributed by atoms with Gasteiger partial charge in [0.25, 0.3) is 0 Å². The Morgan fingerprint density at radius 2 is 1.86 bits per heavy atom. The monoisotopic (exact) mass is 331 g/mol. The summed E-state index contributed by atoms with van der Waals surface area (Å²) in [6.45, 7) is 5.26. The minimum atomic E-state index is -3.60. The predicted molar refractivity (Wildman–Crippen MR) is 84.8 cm³/mol. The first kappa shape index (κ1) is 16.7. The summed E-state index contributed by atoms with van der Waals surface area (Å²) in [6.07, 6.45) is 0. The van der Waals surface area contributed by atoms with Crippen LogP contribution in [0.25, 0.3) is 0 Å². The Labute approximate surface area is 131 Å². The van der Waals surface area contributed by atoms with Crippen molar-refractivity contribution < 1.29 is 8.42 Å². The molecule has 1 aromatic rings. The SMILES string of the molecule is CC1CN(S(=O)(=O)c2cc(CN)ccc2Cl)CC(C)N1C. The van der Waals surface area contributed by atoms with Gasteiger partial charge in [0, 0.05) is 31.7 Å². The largest absolute Gasteiger partial charge is 0.326 e. The van der Waals surface area contributed by atoms with Crippen LogP contribution >= 0.6 is 11.6 Å². The summed E-state index contributed by atoms with van der Waals surface area (Å²) >= 11 is 6.10. The zero-order valence-corrected chi connectivity index (χ0v) is 14.2. The molecule has 0 aliphatic carbocycles. The van der Waals surface area contributed by atoms with E-state index in [2.05, 4.69) is 4.90 Å². The first-order chi connectivity index (χ1) is 9.77. The number of hydrogen-bond donors (Lipinski definition) is 1. The van der Waals surface area contributed by atoms with Gasteiger partial charge in [0.2, 0.25) is 10.0 Å². The normalized spacial score (nSPS) is 25.2. The van der Waals surface area contributed by atoms with Gasteiger partial charge in [-0.15, -0.1) is 0 Å². The maximum absolute atomic E-state index is 12.9. The summed E-state index contributed by atoms with van der Waals surface area (Å²) in [4.78, 5) is 2.33. The van der Waals surface area contributed by atoms with Gasteiger partial charge in [0.15, 0.2) is 0 Å². The Balaban J connectivity index is 2.38. The van der Waals surface area contributed by atoms with Crippen molar-refractivity contribution in [3.63, 3.8) is 0 Å². The second kappa shape index (κ2) is 6.22. The summed E-state index contributed by atoms with van der Waals surface area (Å²) in [5.74, 6) is 0. The van der Waals surface area contributed by atoms with Crippen LogP contribution in [-0.4, -0.2) is 49.8 Å². The summed E-state index contributed by atoms with van der Waals surface area (Å²) in [7, 11) is -1.58. The van der Waals surface area contributed by atoms with Gasteiger partial charge in [-0.2, -0.15) is 4.31 Å². The van der Waals surface area contributed by atoms with Crippen LogP contribution in [0.5, 0.6) is 0 Å². The third kappa shape index (κ3) is 3.24. The Morgan fingerprint density at radius 3 is 2.38 bits per heavy atom. The molecular weight excluding hydrogens is 310 g/mol. The molecule has 0 bridgehead atoms. The van der Waals surface area contributed by atoms with Gasteiger partial charge < -0.3 is 5.73 Å². The average Bonchev–Trinajstić information content (AvgIpc) is 2.44. The molecule has 5 nitrogen and oxygen atoms in total. The number of nitrogens with zero attached hydrogens (tertiary/aromatic N) is 2. The summed E-state index contributed by atoms with van der Waals surface area (Å²) in [6, 6.07) is 5.25. The molecule has 0 radical (unpaired) electrons. The van der Waals surface area contributed by atoms with Crippen LogP contribution in [0, 0.1) is 0 Å². The maximum atomic E-state index is 12.9. The zero-order chi connectivity index (χ0) is 15.8. The van der Waals surface area contributed by atoms with Crippen molar-refractivity contribution in [3.8, 4) is 0 Å². The van der Waals surface area contributed by atoms with Crippen molar-refractivity contribution in [2.75, 3.05) is 20.1 Å². The number of hydrogen-bond acceptors (Lipinski definition) is 4. The lowest BCUT2D eigenvalue weighted by molar-refractivity contribution is 0.105. The molecule has 2 unspecified atom stereocenters. The average molecular weight is 332 g/mol. The number of nitrogens with two attached hydrogens (primary N) is 1. The van der Waals surface area contributed by atoms with Gasteiger partial charge >= 0.3 is 0 Å². The molecule has 7 heteroatoms. The molecule has 0 saturated carbocycles.